The summed E-state index contributed by atoms with van der Waals surface area (Å²) < 4.78 is 30.5. The van der Waals surface area contributed by atoms with Crippen molar-refractivity contribution in [3.05, 3.63) is 69.9 Å². The van der Waals surface area contributed by atoms with Crippen LogP contribution in [0.5, 0.6) is 0 Å². The van der Waals surface area contributed by atoms with Crippen molar-refractivity contribution in [2.24, 2.45) is 5.73 Å². The molecule has 0 atom stereocenters. The molecule has 1 aromatic heterocycles. The zero-order chi connectivity index (χ0) is 20.7. The van der Waals surface area contributed by atoms with Gasteiger partial charge < -0.3 is 10.6 Å². The zero-order valence-corrected chi connectivity index (χ0v) is 16.5. The van der Waals surface area contributed by atoms with Gasteiger partial charge in [0.25, 0.3) is 0 Å². The second-order valence-electron chi connectivity index (χ2n) is 7.65. The molecule has 4 rings (SSSR count). The molecule has 0 aliphatic carbocycles. The quantitative estimate of drug-likeness (QED) is 0.710. The maximum absolute atomic E-state index is 15.5. The molecule has 2 N–H and O–H groups in total. The zero-order valence-electron chi connectivity index (χ0n) is 16.5. The van der Waals surface area contributed by atoms with E-state index in [0.29, 0.717) is 5.56 Å². The molecule has 29 heavy (non-hydrogen) atoms. The Morgan fingerprint density at radius 2 is 2.03 bits per heavy atom. The first-order chi connectivity index (χ1) is 13.9. The highest BCUT2D eigenvalue weighted by Gasteiger charge is 2.24. The summed E-state index contributed by atoms with van der Waals surface area (Å²) in [5.41, 5.74) is 10.1. The number of amides is 1. The molecule has 1 amide bonds. The first-order valence-corrected chi connectivity index (χ1v) is 9.56. The highest BCUT2D eigenvalue weighted by molar-refractivity contribution is 5.95. The van der Waals surface area contributed by atoms with Gasteiger partial charge in [-0.15, -0.1) is 0 Å². The fourth-order valence-corrected chi connectivity index (χ4v) is 4.11. The van der Waals surface area contributed by atoms with E-state index in [9.17, 15) is 9.18 Å². The number of fused-ring (bicyclic) bond motifs is 3. The average Bonchev–Trinajstić information content (AvgIpc) is 3.00. The van der Waals surface area contributed by atoms with Crippen LogP contribution in [0.4, 0.5) is 8.78 Å². The average molecular weight is 395 g/mol. The SMILES string of the molecule is Cc1ccc2c(c1)c1c(n2C(F)=Cc2ccc(C(N)=O)c(CF)c2)CCN(C)C1. The minimum Gasteiger partial charge on any atom is -0.366 e. The Bertz CT molecular complexity index is 1150. The van der Waals surface area contributed by atoms with Gasteiger partial charge in [-0.05, 0) is 61.0 Å². The molecule has 0 saturated carbocycles. The molecular weight excluding hydrogens is 372 g/mol. The molecule has 4 nitrogen and oxygen atoms in total. The molecule has 1 aliphatic rings. The lowest BCUT2D eigenvalue weighted by atomic mass is 10.0. The molecule has 2 heterocycles. The summed E-state index contributed by atoms with van der Waals surface area (Å²) in [6.07, 6.45) is 2.12. The number of rotatable bonds is 4. The van der Waals surface area contributed by atoms with Gasteiger partial charge in [0.05, 0.1) is 5.52 Å². The number of likely N-dealkylation sites (N-methyl/N-ethyl adjacent to an activating group) is 1. The Balaban J connectivity index is 1.86. The van der Waals surface area contributed by atoms with Gasteiger partial charge in [0.2, 0.25) is 5.91 Å². The van der Waals surface area contributed by atoms with Crippen molar-refractivity contribution in [3.63, 3.8) is 0 Å². The number of halogens is 2. The molecule has 0 unspecified atom stereocenters. The Labute approximate surface area is 168 Å². The maximum Gasteiger partial charge on any atom is 0.249 e. The number of nitrogens with two attached hydrogens (primary N) is 1. The minimum atomic E-state index is -0.838. The third-order valence-corrected chi connectivity index (χ3v) is 5.53. The fraction of sp³-hybridized carbons (Fsp3) is 0.261. The number of primary amides is 1. The van der Waals surface area contributed by atoms with E-state index in [2.05, 4.69) is 18.0 Å². The number of carbonyl (C=O) groups excluding carboxylic acids is 1. The standard InChI is InChI=1S/C23H23F2N3O/c1-14-3-6-20-18(9-14)19-13-27(2)8-7-21(19)28(20)22(25)11-15-4-5-17(23(26)29)16(10-15)12-24/h3-6,9-11H,7-8,12-13H2,1-2H3,(H2,26,29). The fourth-order valence-electron chi connectivity index (χ4n) is 4.11. The lowest BCUT2D eigenvalue weighted by molar-refractivity contribution is 0.0998. The van der Waals surface area contributed by atoms with Crippen molar-refractivity contribution < 1.29 is 13.6 Å². The topological polar surface area (TPSA) is 51.3 Å². The van der Waals surface area contributed by atoms with E-state index < -0.39 is 18.5 Å². The van der Waals surface area contributed by atoms with Gasteiger partial charge in [-0.1, -0.05) is 17.7 Å². The van der Waals surface area contributed by atoms with E-state index in [-0.39, 0.29) is 11.1 Å². The van der Waals surface area contributed by atoms with Crippen LogP contribution >= 0.6 is 0 Å². The van der Waals surface area contributed by atoms with Crippen LogP contribution in [0.15, 0.2) is 36.4 Å². The Kier molecular flexibility index (Phi) is 4.96. The number of alkyl halides is 1. The van der Waals surface area contributed by atoms with Gasteiger partial charge in [0.1, 0.15) is 6.67 Å². The molecule has 2 aromatic carbocycles. The molecule has 0 spiro atoms. The predicted molar refractivity (Wildman–Crippen MR) is 112 cm³/mol. The largest absolute Gasteiger partial charge is 0.366 e. The monoisotopic (exact) mass is 395 g/mol. The molecule has 0 radical (unpaired) electrons. The van der Waals surface area contributed by atoms with Crippen molar-refractivity contribution in [2.45, 2.75) is 26.6 Å². The van der Waals surface area contributed by atoms with Crippen LogP contribution in [-0.2, 0) is 19.6 Å². The maximum atomic E-state index is 15.5. The van der Waals surface area contributed by atoms with Gasteiger partial charge in [-0.2, -0.15) is 4.39 Å². The van der Waals surface area contributed by atoms with Crippen molar-refractivity contribution in [1.82, 2.24) is 9.47 Å². The van der Waals surface area contributed by atoms with Crippen molar-refractivity contribution in [1.29, 1.82) is 0 Å². The minimum absolute atomic E-state index is 0.118. The summed E-state index contributed by atoms with van der Waals surface area (Å²) in [5.74, 6) is -1.13. The molecule has 150 valence electrons. The number of hydrogen-bond acceptors (Lipinski definition) is 2. The molecular formula is C23H23F2N3O. The normalized spacial score (nSPS) is 15.0. The second kappa shape index (κ2) is 7.44. The smallest absolute Gasteiger partial charge is 0.249 e. The summed E-state index contributed by atoms with van der Waals surface area (Å²) in [6.45, 7) is 2.82. The van der Waals surface area contributed by atoms with Gasteiger partial charge in [0, 0.05) is 36.2 Å². The highest BCUT2D eigenvalue weighted by Crippen LogP contribution is 2.34. The molecule has 6 heteroatoms. The van der Waals surface area contributed by atoms with E-state index in [1.54, 1.807) is 10.6 Å². The number of aryl methyl sites for hydroxylation is 1. The van der Waals surface area contributed by atoms with E-state index in [1.165, 1.54) is 18.2 Å². The third-order valence-electron chi connectivity index (χ3n) is 5.53. The van der Waals surface area contributed by atoms with E-state index in [0.717, 1.165) is 47.2 Å². The molecule has 0 bridgehead atoms. The Morgan fingerprint density at radius 3 is 2.76 bits per heavy atom. The van der Waals surface area contributed by atoms with Crippen LogP contribution in [0.25, 0.3) is 22.9 Å². The summed E-state index contributed by atoms with van der Waals surface area (Å²) in [6, 6.07) is 10.5. The van der Waals surface area contributed by atoms with Crippen LogP contribution in [0.1, 0.15) is 38.3 Å². The van der Waals surface area contributed by atoms with E-state index in [1.807, 2.05) is 19.1 Å². The summed E-state index contributed by atoms with van der Waals surface area (Å²) in [7, 11) is 2.06. The lowest BCUT2D eigenvalue weighted by Gasteiger charge is -2.23. The van der Waals surface area contributed by atoms with E-state index >= 15 is 4.39 Å². The molecule has 0 fully saturated rings. The van der Waals surface area contributed by atoms with Crippen molar-refractivity contribution in [3.8, 4) is 0 Å². The summed E-state index contributed by atoms with van der Waals surface area (Å²) >= 11 is 0. The summed E-state index contributed by atoms with van der Waals surface area (Å²) in [5, 5.41) is 1.06. The van der Waals surface area contributed by atoms with E-state index in [4.69, 9.17) is 5.73 Å². The highest BCUT2D eigenvalue weighted by atomic mass is 19.1. The second-order valence-corrected chi connectivity index (χ2v) is 7.65. The number of aromatic nitrogens is 1. The molecule has 3 aromatic rings. The number of benzene rings is 2. The van der Waals surface area contributed by atoms with Gasteiger partial charge in [-0.3, -0.25) is 9.36 Å². The summed E-state index contributed by atoms with van der Waals surface area (Å²) in [4.78, 5) is 13.6. The van der Waals surface area contributed by atoms with Crippen LogP contribution in [0.2, 0.25) is 0 Å². The Morgan fingerprint density at radius 1 is 1.24 bits per heavy atom. The van der Waals surface area contributed by atoms with Gasteiger partial charge >= 0.3 is 0 Å². The number of carbonyl (C=O) groups is 1. The first-order valence-electron chi connectivity index (χ1n) is 9.56. The van der Waals surface area contributed by atoms with Gasteiger partial charge in [0.15, 0.2) is 5.95 Å². The Hall–Kier alpha value is -2.99. The van der Waals surface area contributed by atoms with Crippen molar-refractivity contribution >= 4 is 28.8 Å². The number of nitrogens with zero attached hydrogens (tertiary/aromatic N) is 2. The molecule has 0 saturated heterocycles. The lowest BCUT2D eigenvalue weighted by Crippen LogP contribution is -2.27. The predicted octanol–water partition coefficient (Wildman–Crippen LogP) is 4.43. The molecule has 1 aliphatic heterocycles. The first kappa shape index (κ1) is 19.3. The van der Waals surface area contributed by atoms with Crippen LogP contribution in [0.3, 0.4) is 0 Å². The van der Waals surface area contributed by atoms with Crippen LogP contribution < -0.4 is 5.73 Å². The van der Waals surface area contributed by atoms with Crippen LogP contribution in [0, 0.1) is 6.92 Å². The van der Waals surface area contributed by atoms with Crippen molar-refractivity contribution in [2.75, 3.05) is 13.6 Å². The third kappa shape index (κ3) is 3.44. The van der Waals surface area contributed by atoms with Gasteiger partial charge in [-0.25, -0.2) is 4.39 Å². The number of hydrogen-bond donors (Lipinski definition) is 1. The van der Waals surface area contributed by atoms with Crippen LogP contribution in [-0.4, -0.2) is 29.0 Å².